The minimum Gasteiger partial charge on any atom is -0.308 e. The number of anilines is 1. The molecule has 0 atom stereocenters. The van der Waals surface area contributed by atoms with E-state index in [1.165, 1.54) is 23.5 Å². The quantitative estimate of drug-likeness (QED) is 0.640. The van der Waals surface area contributed by atoms with Gasteiger partial charge < -0.3 is 4.90 Å². The first-order valence-corrected chi connectivity index (χ1v) is 8.85. The number of benzene rings is 1. The zero-order valence-electron chi connectivity index (χ0n) is 14.8. The second-order valence-corrected chi connectivity index (χ2v) is 6.91. The Bertz CT molecular complexity index is 894. The summed E-state index contributed by atoms with van der Waals surface area (Å²) in [6.07, 6.45) is 1.62. The number of aromatic nitrogens is 3. The van der Waals surface area contributed by atoms with Crippen LogP contribution in [0.3, 0.4) is 0 Å². The van der Waals surface area contributed by atoms with Crippen molar-refractivity contribution >= 4 is 45.0 Å². The fraction of sp³-hybridized carbons (Fsp3) is 0.353. The normalized spacial score (nSPS) is 11.0. The smallest absolute Gasteiger partial charge is 0.278 e. The van der Waals surface area contributed by atoms with Crippen LogP contribution < -0.4 is 4.90 Å². The maximum absolute atomic E-state index is 13.5. The zero-order chi connectivity index (χ0) is 18.0. The Hall–Kier alpha value is -2.03. The number of likely N-dealkylation sites (N-methyl/N-ethyl adjacent to an activating group) is 1. The van der Waals surface area contributed by atoms with Crippen molar-refractivity contribution in [3.05, 3.63) is 42.0 Å². The number of nitrogens with zero attached hydrogens (tertiary/aromatic N) is 5. The van der Waals surface area contributed by atoms with Crippen molar-refractivity contribution in [2.24, 2.45) is 0 Å². The molecule has 0 aliphatic heterocycles. The van der Waals surface area contributed by atoms with Crippen LogP contribution in [0.4, 0.5) is 9.52 Å². The SMILES string of the molecule is CCn1nccc1C(=O)N(CCN(C)C)c1nc2ccc(F)cc2s1.Cl. The largest absolute Gasteiger partial charge is 0.308 e. The highest BCUT2D eigenvalue weighted by Crippen LogP contribution is 2.30. The second-order valence-electron chi connectivity index (χ2n) is 5.90. The molecule has 0 fully saturated rings. The molecule has 1 aromatic carbocycles. The van der Waals surface area contributed by atoms with Crippen LogP contribution in [0.2, 0.25) is 0 Å². The van der Waals surface area contributed by atoms with Crippen LogP contribution >= 0.6 is 23.7 Å². The molecular formula is C17H21ClFN5OS. The van der Waals surface area contributed by atoms with Crippen LogP contribution in [0.5, 0.6) is 0 Å². The van der Waals surface area contributed by atoms with E-state index >= 15 is 0 Å². The molecule has 140 valence electrons. The van der Waals surface area contributed by atoms with Gasteiger partial charge in [0.05, 0.1) is 10.2 Å². The molecule has 2 aromatic heterocycles. The number of carbonyl (C=O) groups excluding carboxylic acids is 1. The van der Waals surface area contributed by atoms with E-state index in [1.807, 2.05) is 25.9 Å². The number of thiazole rings is 1. The highest BCUT2D eigenvalue weighted by Gasteiger charge is 2.24. The molecule has 0 unspecified atom stereocenters. The Morgan fingerprint density at radius 3 is 2.73 bits per heavy atom. The topological polar surface area (TPSA) is 54.3 Å². The lowest BCUT2D eigenvalue weighted by Gasteiger charge is -2.22. The molecule has 3 rings (SSSR count). The van der Waals surface area contributed by atoms with Crippen LogP contribution in [0.25, 0.3) is 10.2 Å². The number of halogens is 2. The Morgan fingerprint density at radius 2 is 2.04 bits per heavy atom. The predicted molar refractivity (Wildman–Crippen MR) is 105 cm³/mol. The van der Waals surface area contributed by atoms with Gasteiger partial charge in [0.2, 0.25) is 0 Å². The van der Waals surface area contributed by atoms with Crippen molar-refractivity contribution in [1.29, 1.82) is 0 Å². The average Bonchev–Trinajstić information content (AvgIpc) is 3.20. The molecule has 9 heteroatoms. The number of fused-ring (bicyclic) bond motifs is 1. The molecular weight excluding hydrogens is 377 g/mol. The standard InChI is InChI=1S/C17H20FN5OS.ClH/c1-4-23-14(7-8-19-23)16(24)22(10-9-21(2)3)17-20-13-6-5-12(18)11-15(13)25-17;/h5-8,11H,4,9-10H2,1-3H3;1H. The number of aryl methyl sites for hydroxylation is 1. The van der Waals surface area contributed by atoms with Crippen LogP contribution in [0.1, 0.15) is 17.4 Å². The third-order valence-electron chi connectivity index (χ3n) is 3.82. The van der Waals surface area contributed by atoms with Gasteiger partial charge in [-0.2, -0.15) is 5.10 Å². The Morgan fingerprint density at radius 1 is 1.27 bits per heavy atom. The Balaban J connectivity index is 0.00000243. The first kappa shape index (κ1) is 20.3. The van der Waals surface area contributed by atoms with Gasteiger partial charge in [-0.3, -0.25) is 14.4 Å². The third kappa shape index (κ3) is 4.20. The van der Waals surface area contributed by atoms with E-state index < -0.39 is 0 Å². The summed E-state index contributed by atoms with van der Waals surface area (Å²) in [5.74, 6) is -0.460. The van der Waals surface area contributed by atoms with Crippen molar-refractivity contribution in [1.82, 2.24) is 19.7 Å². The summed E-state index contributed by atoms with van der Waals surface area (Å²) in [5, 5.41) is 4.74. The summed E-state index contributed by atoms with van der Waals surface area (Å²) in [4.78, 5) is 21.3. The van der Waals surface area contributed by atoms with E-state index in [2.05, 4.69) is 10.1 Å². The summed E-state index contributed by atoms with van der Waals surface area (Å²) in [6, 6.07) is 6.17. The van der Waals surface area contributed by atoms with Gasteiger partial charge in [-0.1, -0.05) is 11.3 Å². The van der Waals surface area contributed by atoms with Crippen molar-refractivity contribution < 1.29 is 9.18 Å². The predicted octanol–water partition coefficient (Wildman–Crippen LogP) is 3.28. The van der Waals surface area contributed by atoms with Gasteiger partial charge in [0.25, 0.3) is 5.91 Å². The number of carbonyl (C=O) groups is 1. The lowest BCUT2D eigenvalue weighted by atomic mass is 10.3. The third-order valence-corrected chi connectivity index (χ3v) is 4.86. The number of hydrogen-bond acceptors (Lipinski definition) is 5. The van der Waals surface area contributed by atoms with Crippen molar-refractivity contribution in [2.45, 2.75) is 13.5 Å². The van der Waals surface area contributed by atoms with Crippen LogP contribution in [-0.4, -0.2) is 52.8 Å². The minimum atomic E-state index is -0.307. The summed E-state index contributed by atoms with van der Waals surface area (Å²) in [5.41, 5.74) is 1.21. The summed E-state index contributed by atoms with van der Waals surface area (Å²) in [7, 11) is 3.90. The summed E-state index contributed by atoms with van der Waals surface area (Å²) >= 11 is 1.32. The molecule has 0 spiro atoms. The van der Waals surface area contributed by atoms with Gasteiger partial charge in [0.1, 0.15) is 11.5 Å². The number of hydrogen-bond donors (Lipinski definition) is 0. The first-order chi connectivity index (χ1) is 12.0. The molecule has 3 aromatic rings. The van der Waals surface area contributed by atoms with E-state index in [9.17, 15) is 9.18 Å². The van der Waals surface area contributed by atoms with Crippen molar-refractivity contribution in [3.63, 3.8) is 0 Å². The maximum Gasteiger partial charge on any atom is 0.278 e. The van der Waals surface area contributed by atoms with E-state index in [4.69, 9.17) is 0 Å². The summed E-state index contributed by atoms with van der Waals surface area (Å²) in [6.45, 7) is 3.73. The van der Waals surface area contributed by atoms with Gasteiger partial charge in [-0.15, -0.1) is 12.4 Å². The van der Waals surface area contributed by atoms with E-state index in [0.29, 0.717) is 36.0 Å². The maximum atomic E-state index is 13.5. The molecule has 2 heterocycles. The molecule has 0 aliphatic carbocycles. The van der Waals surface area contributed by atoms with Gasteiger partial charge in [-0.25, -0.2) is 9.37 Å². The summed E-state index contributed by atoms with van der Waals surface area (Å²) < 4.78 is 15.8. The molecule has 0 radical (unpaired) electrons. The fourth-order valence-corrected chi connectivity index (χ4v) is 3.51. The molecule has 6 nitrogen and oxygen atoms in total. The lowest BCUT2D eigenvalue weighted by molar-refractivity contribution is 0.0975. The molecule has 0 aliphatic rings. The lowest BCUT2D eigenvalue weighted by Crippen LogP contribution is -2.37. The monoisotopic (exact) mass is 397 g/mol. The van der Waals surface area contributed by atoms with Gasteiger partial charge in [0.15, 0.2) is 5.13 Å². The van der Waals surface area contributed by atoms with E-state index in [0.717, 1.165) is 4.70 Å². The fourth-order valence-electron chi connectivity index (χ4n) is 2.49. The first-order valence-electron chi connectivity index (χ1n) is 8.04. The molecule has 26 heavy (non-hydrogen) atoms. The van der Waals surface area contributed by atoms with E-state index in [-0.39, 0.29) is 24.1 Å². The second kappa shape index (κ2) is 8.57. The van der Waals surface area contributed by atoms with Crippen molar-refractivity contribution in [2.75, 3.05) is 32.1 Å². The number of amides is 1. The molecule has 0 bridgehead atoms. The van der Waals surface area contributed by atoms with Crippen LogP contribution in [-0.2, 0) is 6.54 Å². The van der Waals surface area contributed by atoms with Crippen molar-refractivity contribution in [3.8, 4) is 0 Å². The van der Waals surface area contributed by atoms with Crippen LogP contribution in [0, 0.1) is 5.82 Å². The van der Waals surface area contributed by atoms with Gasteiger partial charge in [-0.05, 0) is 45.3 Å². The van der Waals surface area contributed by atoms with Crippen LogP contribution in [0.15, 0.2) is 30.5 Å². The number of rotatable bonds is 6. The average molecular weight is 398 g/mol. The Kier molecular flexibility index (Phi) is 6.69. The molecule has 0 saturated heterocycles. The molecule has 0 N–H and O–H groups in total. The van der Waals surface area contributed by atoms with E-state index in [1.54, 1.807) is 27.9 Å². The van der Waals surface area contributed by atoms with Gasteiger partial charge in [0, 0.05) is 25.8 Å². The Labute approximate surface area is 161 Å². The highest BCUT2D eigenvalue weighted by atomic mass is 35.5. The van der Waals surface area contributed by atoms with Gasteiger partial charge >= 0.3 is 0 Å². The zero-order valence-corrected chi connectivity index (χ0v) is 16.5. The molecule has 1 amide bonds. The highest BCUT2D eigenvalue weighted by molar-refractivity contribution is 7.22. The molecule has 0 saturated carbocycles. The minimum absolute atomic E-state index is 0.